The van der Waals surface area contributed by atoms with Gasteiger partial charge in [0, 0.05) is 18.1 Å². The maximum atomic E-state index is 15.6. The van der Waals surface area contributed by atoms with Crippen LogP contribution in [0, 0.1) is 5.82 Å². The van der Waals surface area contributed by atoms with Gasteiger partial charge < -0.3 is 19.3 Å². The summed E-state index contributed by atoms with van der Waals surface area (Å²) in [6.07, 6.45) is -3.68. The predicted octanol–water partition coefficient (Wildman–Crippen LogP) is 5.14. The van der Waals surface area contributed by atoms with E-state index >= 15 is 4.39 Å². The minimum absolute atomic E-state index is 0.0225. The molecule has 12 heteroatoms. The molecule has 0 radical (unpaired) electrons. The second-order valence-corrected chi connectivity index (χ2v) is 11.1. The van der Waals surface area contributed by atoms with Crippen molar-refractivity contribution in [2.24, 2.45) is 0 Å². The van der Waals surface area contributed by atoms with E-state index in [0.717, 1.165) is 23.8 Å². The Labute approximate surface area is 223 Å². The molecule has 1 N–H and O–H groups in total. The second kappa shape index (κ2) is 10.4. The SMILES string of the molecule is COC(=O)C1CC(O)c2cc(-c3c(N(C(=O)OC(C)(C)C)C(=O)OC(C)(C)C)ccc(Cl)c3F)cc(=O)n21. The molecule has 0 fully saturated rings. The highest BCUT2D eigenvalue weighted by atomic mass is 35.5. The minimum atomic E-state index is -1.25. The molecule has 2 heterocycles. The molecule has 2 aromatic rings. The molecule has 1 aromatic heterocycles. The summed E-state index contributed by atoms with van der Waals surface area (Å²) >= 11 is 6.06. The molecule has 10 nitrogen and oxygen atoms in total. The Morgan fingerprint density at radius 1 is 1.05 bits per heavy atom. The van der Waals surface area contributed by atoms with Gasteiger partial charge in [0.2, 0.25) is 0 Å². The Morgan fingerprint density at radius 2 is 1.61 bits per heavy atom. The molecule has 3 rings (SSSR count). The number of amides is 2. The normalized spacial score (nSPS) is 17.0. The lowest BCUT2D eigenvalue weighted by Gasteiger charge is -2.30. The van der Waals surface area contributed by atoms with Gasteiger partial charge >= 0.3 is 18.2 Å². The van der Waals surface area contributed by atoms with E-state index in [4.69, 9.17) is 25.8 Å². The van der Waals surface area contributed by atoms with E-state index in [1.807, 2.05) is 0 Å². The molecule has 0 saturated carbocycles. The largest absolute Gasteiger partial charge is 0.467 e. The number of anilines is 1. The van der Waals surface area contributed by atoms with E-state index in [0.29, 0.717) is 4.90 Å². The molecule has 0 aliphatic carbocycles. The summed E-state index contributed by atoms with van der Waals surface area (Å²) in [5, 5.41) is 10.2. The van der Waals surface area contributed by atoms with Crippen molar-refractivity contribution < 1.29 is 38.1 Å². The average Bonchev–Trinajstić information content (AvgIpc) is 3.10. The Kier molecular flexibility index (Phi) is 7.95. The number of aliphatic hydroxyl groups is 1. The first-order chi connectivity index (χ1) is 17.4. The van der Waals surface area contributed by atoms with Crippen LogP contribution in [-0.2, 0) is 19.0 Å². The molecule has 2 amide bonds. The lowest BCUT2D eigenvalue weighted by molar-refractivity contribution is -0.144. The molecule has 1 aliphatic rings. The Morgan fingerprint density at radius 3 is 2.11 bits per heavy atom. The zero-order chi connectivity index (χ0) is 28.7. The van der Waals surface area contributed by atoms with Gasteiger partial charge in [-0.15, -0.1) is 0 Å². The fraction of sp³-hybridized carbons (Fsp3) is 0.462. The van der Waals surface area contributed by atoms with E-state index < -0.39 is 52.9 Å². The van der Waals surface area contributed by atoms with Crippen LogP contribution in [0.15, 0.2) is 29.1 Å². The number of methoxy groups -OCH3 is 1. The van der Waals surface area contributed by atoms with Gasteiger partial charge in [-0.25, -0.2) is 18.8 Å². The van der Waals surface area contributed by atoms with Crippen molar-refractivity contribution in [3.63, 3.8) is 0 Å². The molecule has 1 aliphatic heterocycles. The first-order valence-corrected chi connectivity index (χ1v) is 12.1. The van der Waals surface area contributed by atoms with Gasteiger partial charge in [0.05, 0.1) is 29.6 Å². The van der Waals surface area contributed by atoms with E-state index in [1.54, 1.807) is 41.5 Å². The van der Waals surface area contributed by atoms with Crippen LogP contribution in [0.5, 0.6) is 0 Å². The molecular weight excluding hydrogens is 523 g/mol. The summed E-state index contributed by atoms with van der Waals surface area (Å²) in [6, 6.07) is 3.58. The maximum Gasteiger partial charge on any atom is 0.424 e. The van der Waals surface area contributed by atoms with Crippen molar-refractivity contribution in [3.05, 3.63) is 51.2 Å². The number of esters is 1. The molecule has 1 aromatic carbocycles. The van der Waals surface area contributed by atoms with Crippen molar-refractivity contribution in [1.29, 1.82) is 0 Å². The molecule has 0 saturated heterocycles. The number of aromatic nitrogens is 1. The van der Waals surface area contributed by atoms with Crippen molar-refractivity contribution in [2.45, 2.75) is 71.3 Å². The molecule has 0 bridgehead atoms. The van der Waals surface area contributed by atoms with Gasteiger partial charge in [-0.2, -0.15) is 4.90 Å². The van der Waals surface area contributed by atoms with E-state index in [1.165, 1.54) is 12.1 Å². The number of carbonyl (C=O) groups is 3. The number of halogens is 2. The monoisotopic (exact) mass is 552 g/mol. The van der Waals surface area contributed by atoms with Crippen LogP contribution in [0.3, 0.4) is 0 Å². The third kappa shape index (κ3) is 5.99. The topological polar surface area (TPSA) is 124 Å². The Hall–Kier alpha value is -3.44. The number of ether oxygens (including phenoxy) is 3. The van der Waals surface area contributed by atoms with Crippen LogP contribution < -0.4 is 10.5 Å². The molecule has 206 valence electrons. The fourth-order valence-electron chi connectivity index (χ4n) is 4.00. The number of aliphatic hydroxyl groups excluding tert-OH is 1. The van der Waals surface area contributed by atoms with E-state index in [9.17, 15) is 24.3 Å². The third-order valence-electron chi connectivity index (χ3n) is 5.43. The van der Waals surface area contributed by atoms with E-state index in [2.05, 4.69) is 0 Å². The third-order valence-corrected chi connectivity index (χ3v) is 5.72. The molecule has 0 spiro atoms. The van der Waals surface area contributed by atoms with Gasteiger partial charge in [0.1, 0.15) is 17.2 Å². The highest BCUT2D eigenvalue weighted by molar-refractivity contribution is 6.31. The summed E-state index contributed by atoms with van der Waals surface area (Å²) in [5.41, 5.74) is -3.56. The molecular formula is C26H30ClFN2O8. The van der Waals surface area contributed by atoms with Crippen LogP contribution in [0.25, 0.3) is 11.1 Å². The van der Waals surface area contributed by atoms with Gasteiger partial charge in [0.15, 0.2) is 5.82 Å². The number of hydrogen-bond acceptors (Lipinski definition) is 8. The van der Waals surface area contributed by atoms with Gasteiger partial charge in [-0.1, -0.05) is 11.6 Å². The van der Waals surface area contributed by atoms with Crippen LogP contribution in [0.2, 0.25) is 5.02 Å². The van der Waals surface area contributed by atoms with Gasteiger partial charge in [0.25, 0.3) is 5.56 Å². The zero-order valence-electron chi connectivity index (χ0n) is 22.1. The summed E-state index contributed by atoms with van der Waals surface area (Å²) in [6.45, 7) is 9.51. The zero-order valence-corrected chi connectivity index (χ0v) is 22.9. The van der Waals surface area contributed by atoms with Crippen molar-refractivity contribution in [3.8, 4) is 11.1 Å². The highest BCUT2D eigenvalue weighted by Crippen LogP contribution is 2.41. The predicted molar refractivity (Wildman–Crippen MR) is 137 cm³/mol. The minimum Gasteiger partial charge on any atom is -0.467 e. The van der Waals surface area contributed by atoms with Gasteiger partial charge in [-0.05, 0) is 65.3 Å². The average molecular weight is 553 g/mol. The van der Waals surface area contributed by atoms with Crippen molar-refractivity contribution in [1.82, 2.24) is 4.57 Å². The Balaban J connectivity index is 2.28. The number of rotatable bonds is 3. The van der Waals surface area contributed by atoms with Crippen molar-refractivity contribution in [2.75, 3.05) is 12.0 Å². The second-order valence-electron chi connectivity index (χ2n) is 10.7. The number of benzene rings is 1. The number of nitrogens with zero attached hydrogens (tertiary/aromatic N) is 2. The van der Waals surface area contributed by atoms with Crippen LogP contribution in [-0.4, -0.2) is 46.1 Å². The number of fused-ring (bicyclic) bond motifs is 1. The Bertz CT molecular complexity index is 1310. The molecule has 2 atom stereocenters. The highest BCUT2D eigenvalue weighted by Gasteiger charge is 2.38. The lowest BCUT2D eigenvalue weighted by Crippen LogP contribution is -2.44. The standard InChI is InChI=1S/C26H30ClFN2O8/c1-25(2,3)37-23(34)30(24(35)38-26(4,5)6)15-9-8-14(27)21(28)20(15)13-10-16-18(31)12-17(22(33)36-7)29(16)19(32)11-13/h8-11,17-18,31H,12H2,1-7H3. The van der Waals surface area contributed by atoms with Crippen LogP contribution in [0.1, 0.15) is 65.8 Å². The van der Waals surface area contributed by atoms with E-state index in [-0.39, 0.29) is 34.0 Å². The summed E-state index contributed by atoms with van der Waals surface area (Å²) in [4.78, 5) is 52.2. The summed E-state index contributed by atoms with van der Waals surface area (Å²) in [5.74, 6) is -1.77. The quantitative estimate of drug-likeness (QED) is 0.410. The number of carbonyl (C=O) groups excluding carboxylic acids is 3. The van der Waals surface area contributed by atoms with Crippen LogP contribution in [0.4, 0.5) is 19.7 Å². The first-order valence-electron chi connectivity index (χ1n) is 11.7. The lowest BCUT2D eigenvalue weighted by atomic mass is 10.0. The molecule has 38 heavy (non-hydrogen) atoms. The first kappa shape index (κ1) is 29.1. The number of pyridine rings is 1. The number of hydrogen-bond donors (Lipinski definition) is 1. The summed E-state index contributed by atoms with van der Waals surface area (Å²) in [7, 11) is 1.15. The fourth-order valence-corrected chi connectivity index (χ4v) is 4.16. The molecule has 2 unspecified atom stereocenters. The van der Waals surface area contributed by atoms with Crippen LogP contribution >= 0.6 is 11.6 Å². The van der Waals surface area contributed by atoms with Gasteiger partial charge in [-0.3, -0.25) is 9.36 Å². The maximum absolute atomic E-state index is 15.6. The number of imide groups is 1. The smallest absolute Gasteiger partial charge is 0.424 e. The van der Waals surface area contributed by atoms with Crippen molar-refractivity contribution >= 4 is 35.4 Å². The summed E-state index contributed by atoms with van der Waals surface area (Å²) < 4.78 is 32.2.